The molecule has 8 heavy (non-hydrogen) atoms. The van der Waals surface area contributed by atoms with Crippen LogP contribution in [0.25, 0.3) is 0 Å². The maximum atomic E-state index is 10.1. The molecule has 0 fully saturated rings. The van der Waals surface area contributed by atoms with E-state index in [-0.39, 0.29) is 5.91 Å². The van der Waals surface area contributed by atoms with Crippen molar-refractivity contribution in [2.45, 2.75) is 13.8 Å². The summed E-state index contributed by atoms with van der Waals surface area (Å²) in [4.78, 5) is 10.1. The second-order valence-electron chi connectivity index (χ2n) is 1.37. The molecular formula is C5H11NO2. The van der Waals surface area contributed by atoms with Crippen LogP contribution in [0.4, 0.5) is 0 Å². The van der Waals surface area contributed by atoms with E-state index in [4.69, 9.17) is 4.74 Å². The largest absolute Gasteiger partial charge is 0.362 e. The molecule has 0 saturated heterocycles. The molecule has 0 aliphatic carbocycles. The molecule has 3 heteroatoms. The third-order valence-electron chi connectivity index (χ3n) is 0.627. The van der Waals surface area contributed by atoms with Crippen LogP contribution in [0.3, 0.4) is 0 Å². The Kier molecular flexibility index (Phi) is 4.26. The Morgan fingerprint density at radius 2 is 2.38 bits per heavy atom. The molecule has 0 aliphatic heterocycles. The maximum Gasteiger partial charge on any atom is 0.218 e. The number of carbonyl (C=O) groups is 1. The molecule has 0 aromatic carbocycles. The van der Waals surface area contributed by atoms with E-state index in [0.29, 0.717) is 13.3 Å². The fourth-order valence-corrected chi connectivity index (χ4v) is 0.255. The predicted octanol–water partition coefficient (Wildman–Crippen LogP) is 0.116. The van der Waals surface area contributed by atoms with Gasteiger partial charge < -0.3 is 10.1 Å². The van der Waals surface area contributed by atoms with Gasteiger partial charge >= 0.3 is 0 Å². The average molecular weight is 117 g/mol. The number of ether oxygens (including phenoxy) is 1. The van der Waals surface area contributed by atoms with Crippen molar-refractivity contribution in [3.05, 3.63) is 0 Å². The van der Waals surface area contributed by atoms with Gasteiger partial charge in [-0.25, -0.2) is 0 Å². The Morgan fingerprint density at radius 1 is 1.75 bits per heavy atom. The maximum absolute atomic E-state index is 10.1. The molecule has 48 valence electrons. The van der Waals surface area contributed by atoms with E-state index >= 15 is 0 Å². The van der Waals surface area contributed by atoms with Crippen LogP contribution < -0.4 is 5.32 Å². The summed E-state index contributed by atoms with van der Waals surface area (Å²) in [6.45, 7) is 4.30. The second-order valence-corrected chi connectivity index (χ2v) is 1.37. The first-order valence-electron chi connectivity index (χ1n) is 2.59. The van der Waals surface area contributed by atoms with Gasteiger partial charge in [-0.2, -0.15) is 0 Å². The number of hydrogen-bond donors (Lipinski definition) is 1. The number of amides is 1. The Bertz CT molecular complexity index is 72.8. The Morgan fingerprint density at radius 3 is 2.75 bits per heavy atom. The van der Waals surface area contributed by atoms with Crippen molar-refractivity contribution in [2.75, 3.05) is 13.3 Å². The molecule has 1 N–H and O–H groups in total. The van der Waals surface area contributed by atoms with E-state index in [0.717, 1.165) is 0 Å². The summed E-state index contributed by atoms with van der Waals surface area (Å²) in [5.41, 5.74) is 0. The minimum atomic E-state index is -0.0570. The summed E-state index contributed by atoms with van der Waals surface area (Å²) < 4.78 is 4.81. The van der Waals surface area contributed by atoms with Crippen molar-refractivity contribution >= 4 is 5.91 Å². The monoisotopic (exact) mass is 117 g/mol. The molecule has 0 rings (SSSR count). The summed E-state index contributed by atoms with van der Waals surface area (Å²) in [7, 11) is 0. The fraction of sp³-hybridized carbons (Fsp3) is 0.800. The van der Waals surface area contributed by atoms with Crippen LogP contribution in [0.2, 0.25) is 0 Å². The van der Waals surface area contributed by atoms with Crippen LogP contribution in [0.5, 0.6) is 0 Å². The van der Waals surface area contributed by atoms with E-state index < -0.39 is 0 Å². The molecule has 0 unspecified atom stereocenters. The summed E-state index contributed by atoms with van der Waals surface area (Å²) in [6, 6.07) is 0. The van der Waals surface area contributed by atoms with Gasteiger partial charge in [0.1, 0.15) is 6.73 Å². The minimum Gasteiger partial charge on any atom is -0.362 e. The van der Waals surface area contributed by atoms with Crippen molar-refractivity contribution in [1.29, 1.82) is 0 Å². The Hall–Kier alpha value is -0.570. The number of nitrogens with one attached hydrogen (secondary N) is 1. The lowest BCUT2D eigenvalue weighted by Crippen LogP contribution is -2.22. The lowest BCUT2D eigenvalue weighted by Gasteiger charge is -1.98. The first kappa shape index (κ1) is 7.43. The summed E-state index contributed by atoms with van der Waals surface area (Å²) in [6.07, 6.45) is 0. The molecule has 0 radical (unpaired) electrons. The summed E-state index contributed by atoms with van der Waals surface area (Å²) >= 11 is 0. The van der Waals surface area contributed by atoms with Crippen molar-refractivity contribution in [3.8, 4) is 0 Å². The van der Waals surface area contributed by atoms with Gasteiger partial charge in [0.05, 0.1) is 0 Å². The first-order chi connectivity index (χ1) is 3.77. The lowest BCUT2D eigenvalue weighted by atomic mass is 10.7. The smallest absolute Gasteiger partial charge is 0.218 e. The zero-order chi connectivity index (χ0) is 6.41. The van der Waals surface area contributed by atoms with Gasteiger partial charge in [-0.05, 0) is 6.92 Å². The van der Waals surface area contributed by atoms with Crippen molar-refractivity contribution in [2.24, 2.45) is 0 Å². The highest BCUT2D eigenvalue weighted by atomic mass is 16.5. The molecule has 0 saturated carbocycles. The third kappa shape index (κ3) is 5.43. The fourth-order valence-electron chi connectivity index (χ4n) is 0.255. The molecule has 0 aromatic heterocycles. The molecule has 0 bridgehead atoms. The lowest BCUT2D eigenvalue weighted by molar-refractivity contribution is -0.120. The van der Waals surface area contributed by atoms with Crippen molar-refractivity contribution < 1.29 is 9.53 Å². The second kappa shape index (κ2) is 4.59. The standard InChI is InChI=1S/C5H11NO2/c1-3-8-4-6-5(2)7/h3-4H2,1-2H3,(H,6,7). The molecule has 0 atom stereocenters. The van der Waals surface area contributed by atoms with Crippen LogP contribution in [-0.2, 0) is 9.53 Å². The molecule has 0 aliphatic rings. The van der Waals surface area contributed by atoms with Crippen LogP contribution in [0.15, 0.2) is 0 Å². The highest BCUT2D eigenvalue weighted by Crippen LogP contribution is 1.66. The Labute approximate surface area is 49.0 Å². The van der Waals surface area contributed by atoms with E-state index in [1.54, 1.807) is 0 Å². The average Bonchev–Trinajstić information content (AvgIpc) is 1.66. The van der Waals surface area contributed by atoms with Gasteiger partial charge in [-0.15, -0.1) is 0 Å². The predicted molar refractivity (Wildman–Crippen MR) is 30.3 cm³/mol. The van der Waals surface area contributed by atoms with E-state index in [2.05, 4.69) is 5.32 Å². The van der Waals surface area contributed by atoms with Crippen molar-refractivity contribution in [1.82, 2.24) is 5.32 Å². The summed E-state index contributed by atoms with van der Waals surface area (Å²) in [5.74, 6) is -0.0570. The topological polar surface area (TPSA) is 38.3 Å². The quantitative estimate of drug-likeness (QED) is 0.421. The SMILES string of the molecule is CCOCNC(C)=O. The highest BCUT2D eigenvalue weighted by Gasteiger charge is 1.85. The molecule has 3 nitrogen and oxygen atoms in total. The third-order valence-corrected chi connectivity index (χ3v) is 0.627. The summed E-state index contributed by atoms with van der Waals surface area (Å²) in [5, 5.41) is 2.49. The van der Waals surface area contributed by atoms with Gasteiger partial charge in [-0.1, -0.05) is 0 Å². The van der Waals surface area contributed by atoms with Crippen LogP contribution in [0.1, 0.15) is 13.8 Å². The molecule has 0 spiro atoms. The zero-order valence-corrected chi connectivity index (χ0v) is 5.23. The van der Waals surface area contributed by atoms with E-state index in [9.17, 15) is 4.79 Å². The van der Waals surface area contributed by atoms with E-state index in [1.165, 1.54) is 6.92 Å². The van der Waals surface area contributed by atoms with Crippen LogP contribution in [0, 0.1) is 0 Å². The number of hydrogen-bond acceptors (Lipinski definition) is 2. The van der Waals surface area contributed by atoms with E-state index in [1.807, 2.05) is 6.92 Å². The first-order valence-corrected chi connectivity index (χ1v) is 2.59. The van der Waals surface area contributed by atoms with Gasteiger partial charge in [0, 0.05) is 13.5 Å². The molecule has 1 amide bonds. The Balaban J connectivity index is 2.82. The van der Waals surface area contributed by atoms with Gasteiger partial charge in [0.25, 0.3) is 0 Å². The van der Waals surface area contributed by atoms with Gasteiger partial charge in [0.2, 0.25) is 5.91 Å². The van der Waals surface area contributed by atoms with Crippen LogP contribution >= 0.6 is 0 Å². The molecule has 0 aromatic rings. The minimum absolute atomic E-state index is 0.0570. The van der Waals surface area contributed by atoms with Crippen molar-refractivity contribution in [3.63, 3.8) is 0 Å². The number of carbonyl (C=O) groups excluding carboxylic acids is 1. The highest BCUT2D eigenvalue weighted by molar-refractivity contribution is 5.72. The van der Waals surface area contributed by atoms with Crippen LogP contribution in [-0.4, -0.2) is 19.2 Å². The van der Waals surface area contributed by atoms with Gasteiger partial charge in [-0.3, -0.25) is 4.79 Å². The normalized spacial score (nSPS) is 8.75. The molecular weight excluding hydrogens is 106 g/mol. The number of rotatable bonds is 3. The van der Waals surface area contributed by atoms with Gasteiger partial charge in [0.15, 0.2) is 0 Å². The molecule has 0 heterocycles. The zero-order valence-electron chi connectivity index (χ0n) is 5.23.